The van der Waals surface area contributed by atoms with E-state index in [1.54, 1.807) is 0 Å². The summed E-state index contributed by atoms with van der Waals surface area (Å²) >= 11 is 4.02. The van der Waals surface area contributed by atoms with Crippen LogP contribution in [0, 0.1) is 18.8 Å². The molecule has 1 heterocycles. The smallest absolute Gasteiger partial charge is 0.239 e. The number of para-hydroxylation sites is 1. The molecule has 1 aliphatic heterocycles. The third-order valence-corrected chi connectivity index (χ3v) is 8.22. The highest BCUT2D eigenvalue weighted by molar-refractivity contribution is 9.09. The molecular formula is C25H18BrNO2. The van der Waals surface area contributed by atoms with Gasteiger partial charge in [-0.3, -0.25) is 9.59 Å². The van der Waals surface area contributed by atoms with Gasteiger partial charge in [0.05, 0.1) is 21.8 Å². The topological polar surface area (TPSA) is 37.4 Å². The Bertz CT molecular complexity index is 1170. The molecule has 2 bridgehead atoms. The molecule has 0 spiro atoms. The lowest BCUT2D eigenvalue weighted by Crippen LogP contribution is -2.50. The van der Waals surface area contributed by atoms with E-state index in [0.29, 0.717) is 5.69 Å². The van der Waals surface area contributed by atoms with Gasteiger partial charge in [0.15, 0.2) is 0 Å². The summed E-state index contributed by atoms with van der Waals surface area (Å²) in [5.74, 6) is -1.15. The largest absolute Gasteiger partial charge is 0.274 e. The molecule has 0 saturated carbocycles. The van der Waals surface area contributed by atoms with Crippen LogP contribution in [0.1, 0.15) is 33.7 Å². The highest BCUT2D eigenvalue weighted by Gasteiger charge is 2.67. The second kappa shape index (κ2) is 5.67. The van der Waals surface area contributed by atoms with E-state index in [0.717, 1.165) is 27.8 Å². The molecule has 0 aromatic heterocycles. The van der Waals surface area contributed by atoms with Crippen molar-refractivity contribution in [3.63, 3.8) is 0 Å². The second-order valence-corrected chi connectivity index (χ2v) is 9.42. The van der Waals surface area contributed by atoms with Crippen molar-refractivity contribution in [2.24, 2.45) is 11.8 Å². The Morgan fingerprint density at radius 3 is 1.97 bits per heavy atom. The Labute approximate surface area is 177 Å². The normalized spacial score (nSPS) is 28.9. The van der Waals surface area contributed by atoms with Crippen molar-refractivity contribution in [3.05, 3.63) is 101 Å². The maximum Gasteiger partial charge on any atom is 0.239 e. The molecule has 0 radical (unpaired) electrons. The molecule has 2 atom stereocenters. The number of carbonyl (C=O) groups is 2. The molecule has 7 rings (SSSR count). The lowest BCUT2D eigenvalue weighted by Gasteiger charge is -2.51. The van der Waals surface area contributed by atoms with Crippen LogP contribution in [0.4, 0.5) is 5.69 Å². The number of anilines is 1. The molecular weight excluding hydrogens is 426 g/mol. The van der Waals surface area contributed by atoms with Crippen LogP contribution < -0.4 is 4.90 Å². The van der Waals surface area contributed by atoms with Gasteiger partial charge >= 0.3 is 0 Å². The Balaban J connectivity index is 1.64. The highest BCUT2D eigenvalue weighted by atomic mass is 79.9. The molecule has 1 fully saturated rings. The van der Waals surface area contributed by atoms with Crippen LogP contribution in [0.3, 0.4) is 0 Å². The number of halogens is 1. The number of rotatable bonds is 1. The van der Waals surface area contributed by atoms with E-state index in [1.165, 1.54) is 4.90 Å². The van der Waals surface area contributed by atoms with Crippen LogP contribution in [0.25, 0.3) is 0 Å². The molecule has 29 heavy (non-hydrogen) atoms. The minimum absolute atomic E-state index is 0.0906. The predicted molar refractivity (Wildman–Crippen MR) is 115 cm³/mol. The molecule has 3 aliphatic carbocycles. The van der Waals surface area contributed by atoms with E-state index >= 15 is 0 Å². The van der Waals surface area contributed by atoms with Crippen LogP contribution >= 0.6 is 15.9 Å². The maximum absolute atomic E-state index is 13.8. The van der Waals surface area contributed by atoms with E-state index in [4.69, 9.17) is 0 Å². The minimum Gasteiger partial charge on any atom is -0.274 e. The van der Waals surface area contributed by atoms with Crippen LogP contribution in [0.15, 0.2) is 72.8 Å². The SMILES string of the molecule is Cc1ccccc1N1C(=O)[C@@H]2[C@@H](C1=O)C1c3ccccc3C2(Br)c2ccccc21. The van der Waals surface area contributed by atoms with Crippen LogP contribution in [0.2, 0.25) is 0 Å². The molecule has 3 aromatic rings. The van der Waals surface area contributed by atoms with Gasteiger partial charge in [0, 0.05) is 5.92 Å². The quantitative estimate of drug-likeness (QED) is 0.396. The van der Waals surface area contributed by atoms with Crippen LogP contribution in [-0.2, 0) is 13.9 Å². The Morgan fingerprint density at radius 2 is 1.34 bits per heavy atom. The van der Waals surface area contributed by atoms with E-state index < -0.39 is 16.2 Å². The number of aryl methyl sites for hydroxylation is 1. The first kappa shape index (κ1) is 17.2. The number of hydrogen-bond acceptors (Lipinski definition) is 2. The first-order chi connectivity index (χ1) is 14.0. The van der Waals surface area contributed by atoms with Crippen molar-refractivity contribution in [3.8, 4) is 0 Å². The Morgan fingerprint density at radius 1 is 0.793 bits per heavy atom. The highest BCUT2D eigenvalue weighted by Crippen LogP contribution is 2.66. The Hall–Kier alpha value is -2.72. The fourth-order valence-electron chi connectivity index (χ4n) is 5.73. The summed E-state index contributed by atoms with van der Waals surface area (Å²) in [6.45, 7) is 1.94. The second-order valence-electron chi connectivity index (χ2n) is 8.17. The van der Waals surface area contributed by atoms with Crippen LogP contribution in [-0.4, -0.2) is 11.8 Å². The van der Waals surface area contributed by atoms with Crippen LogP contribution in [0.5, 0.6) is 0 Å². The van der Waals surface area contributed by atoms with E-state index in [9.17, 15) is 9.59 Å². The molecule has 4 aliphatic rings. The molecule has 1 saturated heterocycles. The zero-order chi connectivity index (χ0) is 19.9. The molecule has 4 heteroatoms. The average molecular weight is 444 g/mol. The van der Waals surface area contributed by atoms with Crippen molar-refractivity contribution in [2.75, 3.05) is 4.90 Å². The van der Waals surface area contributed by atoms with Gasteiger partial charge in [-0.1, -0.05) is 82.7 Å². The molecule has 2 amide bonds. The maximum atomic E-state index is 13.8. The van der Waals surface area contributed by atoms with Gasteiger partial charge in [-0.2, -0.15) is 0 Å². The summed E-state index contributed by atoms with van der Waals surface area (Å²) < 4.78 is -0.691. The fraction of sp³-hybridized carbons (Fsp3) is 0.200. The zero-order valence-electron chi connectivity index (χ0n) is 15.8. The number of alkyl halides is 1. The minimum atomic E-state index is -0.691. The number of amides is 2. The van der Waals surface area contributed by atoms with Gasteiger partial charge < -0.3 is 0 Å². The number of carbonyl (C=O) groups excluding carboxylic acids is 2. The molecule has 0 N–H and O–H groups in total. The van der Waals surface area contributed by atoms with Crippen molar-refractivity contribution in [1.82, 2.24) is 0 Å². The van der Waals surface area contributed by atoms with Gasteiger partial charge in [-0.25, -0.2) is 4.90 Å². The lowest BCUT2D eigenvalue weighted by molar-refractivity contribution is -0.122. The third-order valence-electron chi connectivity index (χ3n) is 6.87. The number of imide groups is 1. The first-order valence-corrected chi connectivity index (χ1v) is 10.7. The van der Waals surface area contributed by atoms with Gasteiger partial charge in [-0.15, -0.1) is 0 Å². The zero-order valence-corrected chi connectivity index (χ0v) is 17.4. The molecule has 0 unspecified atom stereocenters. The van der Waals surface area contributed by atoms with Gasteiger partial charge in [-0.05, 0) is 40.8 Å². The molecule has 3 nitrogen and oxygen atoms in total. The third kappa shape index (κ3) is 1.93. The number of benzene rings is 3. The first-order valence-electron chi connectivity index (χ1n) is 9.86. The number of hydrogen-bond donors (Lipinski definition) is 0. The van der Waals surface area contributed by atoms with Crippen molar-refractivity contribution in [1.29, 1.82) is 0 Å². The average Bonchev–Trinajstić information content (AvgIpc) is 3.01. The van der Waals surface area contributed by atoms with Crippen molar-refractivity contribution < 1.29 is 9.59 Å². The van der Waals surface area contributed by atoms with Gasteiger partial charge in [0.1, 0.15) is 0 Å². The van der Waals surface area contributed by atoms with E-state index in [2.05, 4.69) is 40.2 Å². The van der Waals surface area contributed by atoms with Crippen molar-refractivity contribution in [2.45, 2.75) is 17.2 Å². The summed E-state index contributed by atoms with van der Waals surface area (Å²) in [6.07, 6.45) is 0. The summed E-state index contributed by atoms with van der Waals surface area (Å²) in [5, 5.41) is 0. The fourth-order valence-corrected chi connectivity index (χ4v) is 6.93. The monoisotopic (exact) mass is 443 g/mol. The number of nitrogens with zero attached hydrogens (tertiary/aromatic N) is 1. The van der Waals surface area contributed by atoms with Gasteiger partial charge in [0.2, 0.25) is 11.8 Å². The van der Waals surface area contributed by atoms with Gasteiger partial charge in [0.25, 0.3) is 0 Å². The summed E-state index contributed by atoms with van der Waals surface area (Å²) in [4.78, 5) is 29.0. The van der Waals surface area contributed by atoms with Crippen molar-refractivity contribution >= 4 is 33.4 Å². The summed E-state index contributed by atoms with van der Waals surface area (Å²) in [7, 11) is 0. The van der Waals surface area contributed by atoms with E-state index in [1.807, 2.05) is 55.5 Å². The standard InChI is InChI=1S/C25H18BrNO2/c1-14-8-2-7-13-19(14)27-23(28)21-20-15-9-3-5-11-17(15)25(26,22(21)24(27)29)18-12-6-4-10-16(18)20/h2-13,20-22H,1H3/t20?,21-,22-,25?/m0/s1. The molecule has 3 aromatic carbocycles. The summed E-state index contributed by atoms with van der Waals surface area (Å²) in [5.41, 5.74) is 6.14. The summed E-state index contributed by atoms with van der Waals surface area (Å²) in [6, 6.07) is 24.1. The van der Waals surface area contributed by atoms with E-state index in [-0.39, 0.29) is 17.7 Å². The Kier molecular flexibility index (Phi) is 3.35. The predicted octanol–water partition coefficient (Wildman–Crippen LogP) is 4.90. The lowest BCUT2D eigenvalue weighted by atomic mass is 9.55. The molecule has 142 valence electrons.